The van der Waals surface area contributed by atoms with Crippen molar-refractivity contribution in [2.45, 2.75) is 57.2 Å². The van der Waals surface area contributed by atoms with Crippen LogP contribution in [0.5, 0.6) is 0 Å². The Hall–Kier alpha value is -2.28. The fourth-order valence-electron chi connectivity index (χ4n) is 5.70. The Morgan fingerprint density at radius 2 is 1.83 bits per heavy atom. The molecule has 2 amide bonds. The third-order valence-electron chi connectivity index (χ3n) is 7.36. The van der Waals surface area contributed by atoms with Crippen molar-refractivity contribution in [3.63, 3.8) is 0 Å². The van der Waals surface area contributed by atoms with Gasteiger partial charge < -0.3 is 14.9 Å². The second-order valence-corrected chi connectivity index (χ2v) is 8.96. The molecule has 0 bridgehead atoms. The molecule has 2 atom stereocenters. The normalized spacial score (nSPS) is 26.8. The van der Waals surface area contributed by atoms with E-state index in [9.17, 15) is 14.7 Å². The number of anilines is 2. The lowest BCUT2D eigenvalue weighted by Crippen LogP contribution is -2.53. The lowest BCUT2D eigenvalue weighted by Gasteiger charge is -2.33. The molecule has 3 aliphatic rings. The molecule has 1 aromatic rings. The predicted molar refractivity (Wildman–Crippen MR) is 114 cm³/mol. The number of likely N-dealkylation sites (N-methyl/N-ethyl adjacent to an activating group) is 3. The van der Waals surface area contributed by atoms with E-state index in [2.05, 4.69) is 30.8 Å². The molecular weight excluding hydrogens is 368 g/mol. The van der Waals surface area contributed by atoms with E-state index in [1.165, 1.54) is 10.5 Å². The van der Waals surface area contributed by atoms with Crippen molar-refractivity contribution < 1.29 is 14.7 Å². The van der Waals surface area contributed by atoms with Crippen LogP contribution in [0.1, 0.15) is 45.6 Å². The lowest BCUT2D eigenvalue weighted by molar-refractivity contribution is -0.133. The molecule has 29 heavy (non-hydrogen) atoms. The summed E-state index contributed by atoms with van der Waals surface area (Å²) < 4.78 is 0. The summed E-state index contributed by atoms with van der Waals surface area (Å²) in [5, 5.41) is 10.1. The zero-order valence-corrected chi connectivity index (χ0v) is 18.1. The van der Waals surface area contributed by atoms with Crippen molar-refractivity contribution in [1.29, 1.82) is 0 Å². The Morgan fingerprint density at radius 3 is 2.38 bits per heavy atom. The van der Waals surface area contributed by atoms with E-state index in [1.54, 1.807) is 4.90 Å². The maximum atomic E-state index is 13.2. The van der Waals surface area contributed by atoms with E-state index in [4.69, 9.17) is 0 Å². The zero-order valence-electron chi connectivity index (χ0n) is 18.1. The first-order valence-corrected chi connectivity index (χ1v) is 10.6. The minimum Gasteiger partial charge on any atom is -0.465 e. The highest BCUT2D eigenvalue weighted by Gasteiger charge is 2.59. The van der Waals surface area contributed by atoms with Gasteiger partial charge in [0.05, 0.1) is 6.17 Å². The van der Waals surface area contributed by atoms with Crippen LogP contribution in [0.25, 0.3) is 0 Å². The summed E-state index contributed by atoms with van der Waals surface area (Å²) in [5.74, 6) is -0.0767. The molecule has 1 aliphatic carbocycles. The number of fused-ring (bicyclic) bond motifs is 3. The Balaban J connectivity index is 1.76. The van der Waals surface area contributed by atoms with Crippen LogP contribution in [0.4, 0.5) is 16.2 Å². The summed E-state index contributed by atoms with van der Waals surface area (Å²) in [6, 6.07) is 5.91. The van der Waals surface area contributed by atoms with Gasteiger partial charge in [-0.2, -0.15) is 0 Å². The van der Waals surface area contributed by atoms with Gasteiger partial charge in [-0.05, 0) is 63.9 Å². The molecular formula is C22H32N4O3. The van der Waals surface area contributed by atoms with Crippen molar-refractivity contribution in [3.8, 4) is 0 Å². The highest BCUT2D eigenvalue weighted by atomic mass is 16.4. The molecule has 1 saturated heterocycles. The van der Waals surface area contributed by atoms with Crippen LogP contribution in [-0.2, 0) is 10.2 Å². The molecule has 0 unspecified atom stereocenters. The lowest BCUT2D eigenvalue weighted by atomic mass is 9.81. The first-order valence-electron chi connectivity index (χ1n) is 10.6. The molecule has 2 heterocycles. The van der Waals surface area contributed by atoms with Gasteiger partial charge in [-0.3, -0.25) is 14.6 Å². The third-order valence-corrected chi connectivity index (χ3v) is 7.36. The van der Waals surface area contributed by atoms with Crippen LogP contribution in [0.3, 0.4) is 0 Å². The van der Waals surface area contributed by atoms with Crippen molar-refractivity contribution in [3.05, 3.63) is 23.8 Å². The van der Waals surface area contributed by atoms with E-state index in [0.717, 1.165) is 18.7 Å². The van der Waals surface area contributed by atoms with Crippen LogP contribution < -0.4 is 9.80 Å². The SMILES string of the molecule is CCN(CC)C(=O)C1(N(C(=O)O)c2ccc3c(c2)[C@]2(C)CCN(C)[C@@H]2N3C)CC1. The Morgan fingerprint density at radius 1 is 1.17 bits per heavy atom. The fraction of sp³-hybridized carbons (Fsp3) is 0.636. The Bertz CT molecular complexity index is 848. The second-order valence-electron chi connectivity index (χ2n) is 8.96. The van der Waals surface area contributed by atoms with Crippen LogP contribution in [0.15, 0.2) is 18.2 Å². The molecule has 7 heteroatoms. The minimum absolute atomic E-state index is 0.0430. The number of carbonyl (C=O) groups excluding carboxylic acids is 1. The predicted octanol–water partition coefficient (Wildman–Crippen LogP) is 2.94. The largest absolute Gasteiger partial charge is 0.465 e. The quantitative estimate of drug-likeness (QED) is 0.823. The average Bonchev–Trinajstić information content (AvgIpc) is 3.37. The average molecular weight is 401 g/mol. The maximum Gasteiger partial charge on any atom is 0.412 e. The van der Waals surface area contributed by atoms with E-state index in [-0.39, 0.29) is 17.5 Å². The van der Waals surface area contributed by atoms with Gasteiger partial charge in [0.1, 0.15) is 5.54 Å². The van der Waals surface area contributed by atoms with E-state index in [1.807, 2.05) is 32.0 Å². The highest BCUT2D eigenvalue weighted by Crippen LogP contribution is 2.53. The topological polar surface area (TPSA) is 67.3 Å². The molecule has 0 spiro atoms. The fourth-order valence-corrected chi connectivity index (χ4v) is 5.70. The Labute approximate surface area is 172 Å². The van der Waals surface area contributed by atoms with Crippen molar-refractivity contribution in [2.24, 2.45) is 0 Å². The summed E-state index contributed by atoms with van der Waals surface area (Å²) in [5.41, 5.74) is 1.95. The van der Waals surface area contributed by atoms with Gasteiger partial charge in [0.15, 0.2) is 0 Å². The first-order chi connectivity index (χ1) is 13.7. The van der Waals surface area contributed by atoms with E-state index < -0.39 is 11.6 Å². The van der Waals surface area contributed by atoms with Crippen molar-refractivity contribution >= 4 is 23.4 Å². The summed E-state index contributed by atoms with van der Waals surface area (Å²) >= 11 is 0. The molecule has 7 nitrogen and oxygen atoms in total. The van der Waals surface area contributed by atoms with Gasteiger partial charge in [-0.15, -0.1) is 0 Å². The number of carboxylic acid groups (broad SMARTS) is 1. The molecule has 1 aromatic carbocycles. The number of likely N-dealkylation sites (tertiary alicyclic amines) is 1. The molecule has 2 aliphatic heterocycles. The number of hydrogen-bond acceptors (Lipinski definition) is 4. The van der Waals surface area contributed by atoms with Gasteiger partial charge in [0, 0.05) is 43.5 Å². The highest BCUT2D eigenvalue weighted by molar-refractivity contribution is 6.02. The summed E-state index contributed by atoms with van der Waals surface area (Å²) in [6.45, 7) is 8.34. The standard InChI is InChI=1S/C22H32N4O3/c1-6-25(7-2)19(27)22(10-11-22)26(20(28)29)15-8-9-17-16(14-15)21(3)12-13-23(4)18(21)24(17)5/h8-9,14,18H,6-7,10-13H2,1-5H3,(H,28,29)/t18-,21+/m1/s1. The smallest absolute Gasteiger partial charge is 0.412 e. The minimum atomic E-state index is -1.06. The number of amides is 2. The van der Waals surface area contributed by atoms with E-state index >= 15 is 0 Å². The molecule has 158 valence electrons. The Kier molecular flexibility index (Phi) is 4.57. The van der Waals surface area contributed by atoms with Gasteiger partial charge in [-0.1, -0.05) is 6.92 Å². The molecule has 0 radical (unpaired) electrons. The summed E-state index contributed by atoms with van der Waals surface area (Å²) in [6.07, 6.45) is 1.41. The summed E-state index contributed by atoms with van der Waals surface area (Å²) in [4.78, 5) is 33.3. The first kappa shape index (κ1) is 20.0. The molecule has 1 saturated carbocycles. The summed E-state index contributed by atoms with van der Waals surface area (Å²) in [7, 11) is 4.25. The number of carbonyl (C=O) groups is 2. The van der Waals surface area contributed by atoms with Crippen molar-refractivity contribution in [2.75, 3.05) is 43.5 Å². The van der Waals surface area contributed by atoms with Crippen LogP contribution in [0.2, 0.25) is 0 Å². The second kappa shape index (κ2) is 6.62. The molecule has 1 N–H and O–H groups in total. The molecule has 0 aromatic heterocycles. The number of rotatable bonds is 5. The number of nitrogens with zero attached hydrogens (tertiary/aromatic N) is 4. The van der Waals surface area contributed by atoms with Gasteiger partial charge >= 0.3 is 6.09 Å². The van der Waals surface area contributed by atoms with Crippen LogP contribution >= 0.6 is 0 Å². The monoisotopic (exact) mass is 400 g/mol. The maximum absolute atomic E-state index is 13.2. The van der Waals surface area contributed by atoms with Gasteiger partial charge in [0.2, 0.25) is 5.91 Å². The van der Waals surface area contributed by atoms with Crippen LogP contribution in [-0.4, -0.2) is 72.3 Å². The van der Waals surface area contributed by atoms with Crippen molar-refractivity contribution in [1.82, 2.24) is 9.80 Å². The third kappa shape index (κ3) is 2.66. The zero-order chi connectivity index (χ0) is 21.1. The number of benzene rings is 1. The van der Waals surface area contributed by atoms with Gasteiger partial charge in [0.25, 0.3) is 0 Å². The van der Waals surface area contributed by atoms with Crippen LogP contribution in [0, 0.1) is 0 Å². The molecule has 2 fully saturated rings. The molecule has 4 rings (SSSR count). The van der Waals surface area contributed by atoms with Gasteiger partial charge in [-0.25, -0.2) is 4.79 Å². The number of hydrogen-bond donors (Lipinski definition) is 1. The van der Waals surface area contributed by atoms with E-state index in [0.29, 0.717) is 31.6 Å².